The van der Waals surface area contributed by atoms with Crippen LogP contribution in [0.15, 0.2) is 18.2 Å². The van der Waals surface area contributed by atoms with E-state index in [0.717, 1.165) is 12.0 Å². The molecule has 22 heavy (non-hydrogen) atoms. The maximum absolute atomic E-state index is 12.5. The summed E-state index contributed by atoms with van der Waals surface area (Å²) < 4.78 is 5.26. The van der Waals surface area contributed by atoms with Crippen molar-refractivity contribution in [3.05, 3.63) is 23.8 Å². The number of amides is 2. The molecule has 1 aliphatic rings. The molecule has 2 amide bonds. The molecular weight excluding hydrogens is 282 g/mol. The first-order valence-electron chi connectivity index (χ1n) is 7.52. The average Bonchev–Trinajstić information content (AvgIpc) is 2.97. The molecule has 1 aliphatic heterocycles. The van der Waals surface area contributed by atoms with Gasteiger partial charge in [-0.2, -0.15) is 0 Å². The van der Waals surface area contributed by atoms with Gasteiger partial charge < -0.3 is 20.7 Å². The van der Waals surface area contributed by atoms with Gasteiger partial charge in [-0.1, -0.05) is 6.07 Å². The number of nitrogens with one attached hydrogen (secondary N) is 1. The van der Waals surface area contributed by atoms with Crippen molar-refractivity contribution in [3.8, 4) is 5.75 Å². The molecule has 0 bridgehead atoms. The van der Waals surface area contributed by atoms with E-state index in [1.165, 1.54) is 0 Å². The van der Waals surface area contributed by atoms with Crippen molar-refractivity contribution in [2.75, 3.05) is 25.5 Å². The number of aryl methyl sites for hydroxylation is 1. The van der Waals surface area contributed by atoms with Crippen molar-refractivity contribution < 1.29 is 14.3 Å². The van der Waals surface area contributed by atoms with Gasteiger partial charge in [-0.3, -0.25) is 9.59 Å². The second-order valence-electron chi connectivity index (χ2n) is 5.48. The van der Waals surface area contributed by atoms with Gasteiger partial charge in [0.25, 0.3) is 0 Å². The summed E-state index contributed by atoms with van der Waals surface area (Å²) in [4.78, 5) is 26.2. The molecule has 1 fully saturated rings. The molecule has 1 unspecified atom stereocenters. The number of nitrogens with zero attached hydrogens (tertiary/aromatic N) is 1. The predicted octanol–water partition coefficient (Wildman–Crippen LogP) is 1.28. The first-order valence-corrected chi connectivity index (χ1v) is 7.52. The highest BCUT2D eigenvalue weighted by atomic mass is 16.5. The Morgan fingerprint density at radius 1 is 1.45 bits per heavy atom. The van der Waals surface area contributed by atoms with E-state index >= 15 is 0 Å². The fourth-order valence-electron chi connectivity index (χ4n) is 2.74. The van der Waals surface area contributed by atoms with Crippen LogP contribution in [-0.2, 0) is 9.59 Å². The topological polar surface area (TPSA) is 84.7 Å². The highest BCUT2D eigenvalue weighted by Crippen LogP contribution is 2.27. The van der Waals surface area contributed by atoms with Crippen molar-refractivity contribution in [2.45, 2.75) is 32.2 Å². The number of benzene rings is 1. The molecule has 6 nitrogen and oxygen atoms in total. The van der Waals surface area contributed by atoms with Crippen molar-refractivity contribution in [3.63, 3.8) is 0 Å². The Morgan fingerprint density at radius 2 is 2.23 bits per heavy atom. The van der Waals surface area contributed by atoms with E-state index < -0.39 is 6.04 Å². The van der Waals surface area contributed by atoms with Crippen LogP contribution in [0.1, 0.15) is 24.8 Å². The first-order chi connectivity index (χ1) is 10.6. The van der Waals surface area contributed by atoms with Crippen molar-refractivity contribution >= 4 is 17.5 Å². The SMILES string of the molecule is COc1ccc(C)cc1NC(=O)C1CCCN1C(=O)CCN. The second-order valence-corrected chi connectivity index (χ2v) is 5.48. The molecular formula is C16H23N3O3. The molecule has 0 aliphatic carbocycles. The maximum atomic E-state index is 12.5. The first kappa shape index (κ1) is 16.3. The monoisotopic (exact) mass is 305 g/mol. The summed E-state index contributed by atoms with van der Waals surface area (Å²) in [6.45, 7) is 2.86. The van der Waals surface area contributed by atoms with Crippen LogP contribution in [0.2, 0.25) is 0 Å². The lowest BCUT2D eigenvalue weighted by Gasteiger charge is -2.24. The van der Waals surface area contributed by atoms with Crippen LogP contribution >= 0.6 is 0 Å². The van der Waals surface area contributed by atoms with Gasteiger partial charge in [-0.25, -0.2) is 0 Å². The minimum absolute atomic E-state index is 0.0589. The second kappa shape index (κ2) is 7.26. The third-order valence-electron chi connectivity index (χ3n) is 3.85. The standard InChI is InChI=1S/C16H23N3O3/c1-11-5-6-14(22-2)12(10-11)18-16(21)13-4-3-9-19(13)15(20)7-8-17/h5-6,10,13H,3-4,7-9,17H2,1-2H3,(H,18,21). The normalized spacial score (nSPS) is 17.4. The quantitative estimate of drug-likeness (QED) is 0.858. The Balaban J connectivity index is 2.11. The molecule has 1 aromatic carbocycles. The van der Waals surface area contributed by atoms with E-state index in [1.54, 1.807) is 12.0 Å². The lowest BCUT2D eigenvalue weighted by molar-refractivity contribution is -0.136. The van der Waals surface area contributed by atoms with Crippen molar-refractivity contribution in [1.29, 1.82) is 0 Å². The molecule has 120 valence electrons. The summed E-state index contributed by atoms with van der Waals surface area (Å²) in [5.74, 6) is 0.375. The number of likely N-dealkylation sites (tertiary alicyclic amines) is 1. The van der Waals surface area contributed by atoms with E-state index in [9.17, 15) is 9.59 Å². The Hall–Kier alpha value is -2.08. The zero-order valence-corrected chi connectivity index (χ0v) is 13.1. The molecule has 0 radical (unpaired) electrons. The third kappa shape index (κ3) is 3.57. The van der Waals surface area contributed by atoms with E-state index in [4.69, 9.17) is 10.5 Å². The van der Waals surface area contributed by atoms with Gasteiger partial charge in [-0.15, -0.1) is 0 Å². The fourth-order valence-corrected chi connectivity index (χ4v) is 2.74. The van der Waals surface area contributed by atoms with Crippen LogP contribution in [0, 0.1) is 6.92 Å². The lowest BCUT2D eigenvalue weighted by Crippen LogP contribution is -2.43. The number of rotatable bonds is 5. The minimum Gasteiger partial charge on any atom is -0.495 e. The Morgan fingerprint density at radius 3 is 2.91 bits per heavy atom. The van der Waals surface area contributed by atoms with Gasteiger partial charge in [0.2, 0.25) is 11.8 Å². The van der Waals surface area contributed by atoms with Gasteiger partial charge >= 0.3 is 0 Å². The molecule has 1 saturated heterocycles. The van der Waals surface area contributed by atoms with Gasteiger partial charge in [0, 0.05) is 19.5 Å². The zero-order valence-electron chi connectivity index (χ0n) is 13.1. The number of anilines is 1. The summed E-state index contributed by atoms with van der Waals surface area (Å²) in [6.07, 6.45) is 1.78. The summed E-state index contributed by atoms with van der Waals surface area (Å²) in [7, 11) is 1.56. The van der Waals surface area contributed by atoms with Gasteiger partial charge in [0.1, 0.15) is 11.8 Å². The number of hydrogen-bond donors (Lipinski definition) is 2. The van der Waals surface area contributed by atoms with Crippen LogP contribution < -0.4 is 15.8 Å². The van der Waals surface area contributed by atoms with Crippen LogP contribution in [0.4, 0.5) is 5.69 Å². The zero-order chi connectivity index (χ0) is 16.1. The van der Waals surface area contributed by atoms with Gasteiger partial charge in [0.15, 0.2) is 0 Å². The van der Waals surface area contributed by atoms with Gasteiger partial charge in [-0.05, 0) is 37.5 Å². The highest BCUT2D eigenvalue weighted by Gasteiger charge is 2.33. The summed E-state index contributed by atoms with van der Waals surface area (Å²) in [5, 5.41) is 2.88. The van der Waals surface area contributed by atoms with Crippen LogP contribution in [0.5, 0.6) is 5.75 Å². The molecule has 6 heteroatoms. The third-order valence-corrected chi connectivity index (χ3v) is 3.85. The Kier molecular flexibility index (Phi) is 5.38. The summed E-state index contributed by atoms with van der Waals surface area (Å²) in [5.41, 5.74) is 7.09. The van der Waals surface area contributed by atoms with E-state index in [1.807, 2.05) is 25.1 Å². The molecule has 0 spiro atoms. The van der Waals surface area contributed by atoms with Crippen molar-refractivity contribution in [1.82, 2.24) is 4.90 Å². The number of ether oxygens (including phenoxy) is 1. The van der Waals surface area contributed by atoms with E-state index in [2.05, 4.69) is 5.32 Å². The molecule has 1 heterocycles. The molecule has 1 atom stereocenters. The van der Waals surface area contributed by atoms with E-state index in [-0.39, 0.29) is 18.2 Å². The number of methoxy groups -OCH3 is 1. The smallest absolute Gasteiger partial charge is 0.247 e. The Bertz CT molecular complexity index is 560. The molecule has 0 saturated carbocycles. The highest BCUT2D eigenvalue weighted by molar-refractivity contribution is 5.98. The lowest BCUT2D eigenvalue weighted by atomic mass is 10.1. The number of carbonyl (C=O) groups excluding carboxylic acids is 2. The minimum atomic E-state index is -0.427. The number of hydrogen-bond acceptors (Lipinski definition) is 4. The van der Waals surface area contributed by atoms with Crippen LogP contribution in [0.25, 0.3) is 0 Å². The summed E-state index contributed by atoms with van der Waals surface area (Å²) in [6, 6.07) is 5.17. The molecule has 0 aromatic heterocycles. The fraction of sp³-hybridized carbons (Fsp3) is 0.500. The van der Waals surface area contributed by atoms with E-state index in [0.29, 0.717) is 30.9 Å². The van der Waals surface area contributed by atoms with Crippen molar-refractivity contribution in [2.24, 2.45) is 5.73 Å². The maximum Gasteiger partial charge on any atom is 0.247 e. The van der Waals surface area contributed by atoms with Gasteiger partial charge in [0.05, 0.1) is 12.8 Å². The van der Waals surface area contributed by atoms with Crippen LogP contribution in [0.3, 0.4) is 0 Å². The molecule has 1 aromatic rings. The van der Waals surface area contributed by atoms with Crippen LogP contribution in [-0.4, -0.2) is 43.0 Å². The molecule has 2 rings (SSSR count). The largest absolute Gasteiger partial charge is 0.495 e. The molecule has 3 N–H and O–H groups in total. The average molecular weight is 305 g/mol. The summed E-state index contributed by atoms with van der Waals surface area (Å²) >= 11 is 0. The number of carbonyl (C=O) groups is 2. The number of nitrogens with two attached hydrogens (primary N) is 1. The Labute approximate surface area is 130 Å². The predicted molar refractivity (Wildman–Crippen MR) is 84.8 cm³/mol.